The van der Waals surface area contributed by atoms with E-state index in [1.807, 2.05) is 0 Å². The minimum absolute atomic E-state index is 0.165. The molecule has 1 aromatic heterocycles. The van der Waals surface area contributed by atoms with Crippen LogP contribution in [0, 0.1) is 3.57 Å². The first kappa shape index (κ1) is 16.0. The smallest absolute Gasteiger partial charge is 0.425 e. The predicted octanol–water partition coefficient (Wildman–Crippen LogP) is 3.19. The molecule has 0 spiro atoms. The average Bonchev–Trinajstić information content (AvgIpc) is 2.30. The third-order valence-electron chi connectivity index (χ3n) is 2.07. The van der Waals surface area contributed by atoms with Crippen LogP contribution in [0.25, 0.3) is 0 Å². The lowest BCUT2D eigenvalue weighted by Crippen LogP contribution is -2.31. The van der Waals surface area contributed by atoms with Crippen molar-refractivity contribution in [2.45, 2.75) is 26.1 Å². The van der Waals surface area contributed by atoms with Gasteiger partial charge in [0.2, 0.25) is 5.88 Å². The summed E-state index contributed by atoms with van der Waals surface area (Å²) in [5, 5.41) is 0. The fourth-order valence-electron chi connectivity index (χ4n) is 1.07. The van der Waals surface area contributed by atoms with Gasteiger partial charge in [-0.2, -0.15) is 13.2 Å². The van der Waals surface area contributed by atoms with Gasteiger partial charge in [0, 0.05) is 6.20 Å². The maximum Gasteiger partial charge on any atom is 0.425 e. The zero-order chi connectivity index (χ0) is 14.6. The van der Waals surface area contributed by atoms with Gasteiger partial charge in [0.05, 0.1) is 15.7 Å². The monoisotopic (exact) mass is 389 g/mol. The third-order valence-corrected chi connectivity index (χ3v) is 2.84. The van der Waals surface area contributed by atoms with Gasteiger partial charge in [-0.25, -0.2) is 9.78 Å². The summed E-state index contributed by atoms with van der Waals surface area (Å²) in [4.78, 5) is 15.1. The lowest BCUT2D eigenvalue weighted by Gasteiger charge is -2.17. The topological polar surface area (TPSA) is 48.4 Å². The van der Waals surface area contributed by atoms with E-state index in [2.05, 4.69) is 4.98 Å². The number of alkyl halides is 3. The Balaban J connectivity index is 2.86. The summed E-state index contributed by atoms with van der Waals surface area (Å²) in [5.74, 6) is -0.748. The van der Waals surface area contributed by atoms with E-state index in [-0.39, 0.29) is 18.1 Å². The van der Waals surface area contributed by atoms with Crippen molar-refractivity contribution in [1.82, 2.24) is 4.98 Å². The first-order valence-corrected chi connectivity index (χ1v) is 6.39. The van der Waals surface area contributed by atoms with Crippen LogP contribution in [-0.4, -0.2) is 29.8 Å². The number of rotatable bonds is 4. The summed E-state index contributed by atoms with van der Waals surface area (Å²) in [6.07, 6.45) is -5.31. The highest BCUT2D eigenvalue weighted by Gasteiger charge is 2.38. The highest BCUT2D eigenvalue weighted by Crippen LogP contribution is 2.27. The second-order valence-corrected chi connectivity index (χ2v) is 4.70. The number of pyridine rings is 1. The number of aromatic nitrogens is 1. The van der Waals surface area contributed by atoms with Gasteiger partial charge in [-0.1, -0.05) is 0 Å². The number of ether oxygens (including phenoxy) is 2. The van der Waals surface area contributed by atoms with E-state index in [9.17, 15) is 18.0 Å². The van der Waals surface area contributed by atoms with Crippen molar-refractivity contribution >= 4 is 28.6 Å². The largest absolute Gasteiger partial charge is 0.464 e. The second kappa shape index (κ2) is 6.40. The average molecular weight is 389 g/mol. The summed E-state index contributed by atoms with van der Waals surface area (Å²) in [6, 6.07) is 1.37. The van der Waals surface area contributed by atoms with E-state index in [0.29, 0.717) is 3.57 Å². The summed E-state index contributed by atoms with van der Waals surface area (Å²) in [7, 11) is 0. The van der Waals surface area contributed by atoms with E-state index in [0.717, 1.165) is 13.1 Å². The van der Waals surface area contributed by atoms with E-state index >= 15 is 0 Å². The van der Waals surface area contributed by atoms with Crippen LogP contribution in [0.15, 0.2) is 12.3 Å². The Bertz CT molecular complexity index is 465. The molecule has 0 saturated heterocycles. The first-order chi connectivity index (χ1) is 8.75. The molecule has 0 N–H and O–H groups in total. The third kappa shape index (κ3) is 4.51. The molecule has 0 aliphatic heterocycles. The molecule has 0 amide bonds. The highest BCUT2D eigenvalue weighted by molar-refractivity contribution is 14.1. The van der Waals surface area contributed by atoms with Gasteiger partial charge in [0.15, 0.2) is 6.10 Å². The molecular formula is C11H11F3INO3. The molecule has 1 unspecified atom stereocenters. The molecule has 0 aliphatic rings. The molecule has 4 nitrogen and oxygen atoms in total. The van der Waals surface area contributed by atoms with Gasteiger partial charge in [0.1, 0.15) is 0 Å². The van der Waals surface area contributed by atoms with Crippen molar-refractivity contribution in [3.8, 4) is 5.88 Å². The highest BCUT2D eigenvalue weighted by atomic mass is 127. The van der Waals surface area contributed by atoms with Crippen LogP contribution in [-0.2, 0) is 4.74 Å². The number of hydrogen-bond acceptors (Lipinski definition) is 4. The molecule has 0 aliphatic carbocycles. The Morgan fingerprint density at radius 3 is 2.63 bits per heavy atom. The van der Waals surface area contributed by atoms with Crippen LogP contribution in [0.4, 0.5) is 13.2 Å². The number of esters is 1. The molecule has 106 valence electrons. The van der Waals surface area contributed by atoms with Crippen LogP contribution in [0.3, 0.4) is 0 Å². The zero-order valence-corrected chi connectivity index (χ0v) is 12.3. The zero-order valence-electron chi connectivity index (χ0n) is 10.1. The van der Waals surface area contributed by atoms with Crippen molar-refractivity contribution in [3.05, 3.63) is 21.4 Å². The van der Waals surface area contributed by atoms with Gasteiger partial charge < -0.3 is 9.47 Å². The Morgan fingerprint density at radius 2 is 2.16 bits per heavy atom. The van der Waals surface area contributed by atoms with Crippen LogP contribution < -0.4 is 4.74 Å². The fourth-order valence-corrected chi connectivity index (χ4v) is 1.67. The van der Waals surface area contributed by atoms with Crippen molar-refractivity contribution in [3.63, 3.8) is 0 Å². The number of nitrogens with zero attached hydrogens (tertiary/aromatic N) is 1. The molecule has 8 heteroatoms. The summed E-state index contributed by atoms with van der Waals surface area (Å²) >= 11 is 1.75. The van der Waals surface area contributed by atoms with Crippen molar-refractivity contribution in [2.75, 3.05) is 6.61 Å². The Labute approximate surface area is 121 Å². The summed E-state index contributed by atoms with van der Waals surface area (Å²) in [6.45, 7) is 2.74. The quantitative estimate of drug-likeness (QED) is 0.587. The molecule has 19 heavy (non-hydrogen) atoms. The maximum atomic E-state index is 12.3. The Morgan fingerprint density at radius 1 is 1.53 bits per heavy atom. The van der Waals surface area contributed by atoms with Crippen molar-refractivity contribution in [1.29, 1.82) is 0 Å². The maximum absolute atomic E-state index is 12.3. The van der Waals surface area contributed by atoms with Gasteiger partial charge >= 0.3 is 12.1 Å². The molecule has 0 radical (unpaired) electrons. The minimum Gasteiger partial charge on any atom is -0.464 e. The standard InChI is InChI=1S/C11H11F3INO3/c1-3-18-10(17)7-4-8(15)9(16-5-7)19-6(2)11(12,13)14/h4-6H,3H2,1-2H3. The van der Waals surface area contributed by atoms with E-state index in [1.54, 1.807) is 29.5 Å². The second-order valence-electron chi connectivity index (χ2n) is 3.53. The molecule has 0 fully saturated rings. The van der Waals surface area contributed by atoms with E-state index in [1.165, 1.54) is 6.07 Å². The fraction of sp³-hybridized carbons (Fsp3) is 0.455. The van der Waals surface area contributed by atoms with Crippen LogP contribution in [0.2, 0.25) is 0 Å². The minimum atomic E-state index is -4.47. The molecule has 0 bridgehead atoms. The van der Waals surface area contributed by atoms with Gasteiger partial charge in [0.25, 0.3) is 0 Å². The molecule has 1 heterocycles. The number of carbonyl (C=O) groups is 1. The molecule has 0 aromatic carbocycles. The lowest BCUT2D eigenvalue weighted by atomic mass is 10.3. The number of halogens is 4. The van der Waals surface area contributed by atoms with Crippen LogP contribution >= 0.6 is 22.6 Å². The molecule has 1 aromatic rings. The van der Waals surface area contributed by atoms with Crippen LogP contribution in [0.5, 0.6) is 5.88 Å². The molecule has 1 rings (SSSR count). The molecular weight excluding hydrogens is 378 g/mol. The first-order valence-electron chi connectivity index (χ1n) is 5.31. The van der Waals surface area contributed by atoms with Crippen molar-refractivity contribution < 1.29 is 27.4 Å². The number of hydrogen-bond donors (Lipinski definition) is 0. The van der Waals surface area contributed by atoms with Gasteiger partial charge in [-0.15, -0.1) is 0 Å². The van der Waals surface area contributed by atoms with Crippen LogP contribution in [0.1, 0.15) is 24.2 Å². The Kier molecular flexibility index (Phi) is 5.39. The normalized spacial score (nSPS) is 12.9. The molecule has 1 atom stereocenters. The van der Waals surface area contributed by atoms with Crippen molar-refractivity contribution in [2.24, 2.45) is 0 Å². The molecule has 0 saturated carbocycles. The van der Waals surface area contributed by atoms with E-state index in [4.69, 9.17) is 9.47 Å². The summed E-state index contributed by atoms with van der Waals surface area (Å²) in [5.41, 5.74) is 0.165. The summed E-state index contributed by atoms with van der Waals surface area (Å²) < 4.78 is 46.8. The lowest BCUT2D eigenvalue weighted by molar-refractivity contribution is -0.190. The van der Waals surface area contributed by atoms with E-state index < -0.39 is 18.2 Å². The van der Waals surface area contributed by atoms with Gasteiger partial charge in [-0.05, 0) is 42.5 Å². The van der Waals surface area contributed by atoms with Gasteiger partial charge in [-0.3, -0.25) is 0 Å². The number of carbonyl (C=O) groups excluding carboxylic acids is 1. The SMILES string of the molecule is CCOC(=O)c1cnc(OC(C)C(F)(F)F)c(I)c1. The predicted molar refractivity (Wildman–Crippen MR) is 69.1 cm³/mol. The Hall–Kier alpha value is -1.06.